The van der Waals surface area contributed by atoms with Gasteiger partial charge in [0.1, 0.15) is 5.82 Å². The topological polar surface area (TPSA) is 61.8 Å². The van der Waals surface area contributed by atoms with Crippen molar-refractivity contribution in [2.75, 3.05) is 19.7 Å². The second kappa shape index (κ2) is 8.26. The third-order valence-electron chi connectivity index (χ3n) is 4.20. The summed E-state index contributed by atoms with van der Waals surface area (Å²) in [5.74, 6) is -0.312. The van der Waals surface area contributed by atoms with Gasteiger partial charge in [-0.15, -0.1) is 0 Å². The molecule has 2 atom stereocenters. The second-order valence-corrected chi connectivity index (χ2v) is 5.91. The lowest BCUT2D eigenvalue weighted by Gasteiger charge is -2.34. The molecule has 1 saturated heterocycles. The maximum atomic E-state index is 12.9. The van der Waals surface area contributed by atoms with Gasteiger partial charge < -0.3 is 20.1 Å². The Balaban J connectivity index is 1.81. The molecule has 0 saturated carbocycles. The van der Waals surface area contributed by atoms with Gasteiger partial charge in [0.2, 0.25) is 0 Å². The molecular weight excluding hydrogens is 299 g/mol. The zero-order chi connectivity index (χ0) is 16.8. The SMILES string of the molecule is CCOC(=O)N1CCC(N[C@@H](C)[C@H](O)c2ccc(F)cc2)CC1. The van der Waals surface area contributed by atoms with E-state index in [-0.39, 0.29) is 24.0 Å². The Morgan fingerprint density at radius 1 is 1.39 bits per heavy atom. The van der Waals surface area contributed by atoms with Crippen LogP contribution in [0.15, 0.2) is 24.3 Å². The van der Waals surface area contributed by atoms with Crippen LogP contribution in [0.25, 0.3) is 0 Å². The molecule has 5 nitrogen and oxygen atoms in total. The molecule has 0 aliphatic carbocycles. The Bertz CT molecular complexity index is 501. The molecule has 1 amide bonds. The van der Waals surface area contributed by atoms with E-state index in [9.17, 15) is 14.3 Å². The zero-order valence-electron chi connectivity index (χ0n) is 13.7. The average Bonchev–Trinajstić information content (AvgIpc) is 2.55. The Labute approximate surface area is 136 Å². The monoisotopic (exact) mass is 324 g/mol. The largest absolute Gasteiger partial charge is 0.450 e. The van der Waals surface area contributed by atoms with Gasteiger partial charge in [-0.3, -0.25) is 0 Å². The molecule has 128 valence electrons. The molecule has 0 unspecified atom stereocenters. The standard InChI is InChI=1S/C17H25FN2O3/c1-3-23-17(22)20-10-8-15(9-11-20)19-12(2)16(21)13-4-6-14(18)7-5-13/h4-7,12,15-16,19,21H,3,8-11H2,1-2H3/t12-,16-/m0/s1. The average molecular weight is 324 g/mol. The summed E-state index contributed by atoms with van der Waals surface area (Å²) in [6.45, 7) is 5.39. The molecule has 2 rings (SSSR count). The number of rotatable bonds is 5. The number of likely N-dealkylation sites (tertiary alicyclic amines) is 1. The maximum Gasteiger partial charge on any atom is 0.409 e. The molecule has 23 heavy (non-hydrogen) atoms. The number of aliphatic hydroxyl groups excluding tert-OH is 1. The van der Waals surface area contributed by atoms with E-state index in [1.807, 2.05) is 6.92 Å². The van der Waals surface area contributed by atoms with E-state index in [2.05, 4.69) is 5.32 Å². The smallest absolute Gasteiger partial charge is 0.409 e. The molecule has 0 bridgehead atoms. The van der Waals surface area contributed by atoms with Crippen LogP contribution in [-0.4, -0.2) is 47.9 Å². The number of hydrogen-bond donors (Lipinski definition) is 2. The lowest BCUT2D eigenvalue weighted by atomic mass is 9.99. The number of carbonyl (C=O) groups is 1. The molecule has 0 radical (unpaired) electrons. The van der Waals surface area contributed by atoms with Crippen LogP contribution in [0.5, 0.6) is 0 Å². The number of carbonyl (C=O) groups excluding carboxylic acids is 1. The van der Waals surface area contributed by atoms with Crippen LogP contribution >= 0.6 is 0 Å². The minimum Gasteiger partial charge on any atom is -0.450 e. The lowest BCUT2D eigenvalue weighted by molar-refractivity contribution is 0.0872. The van der Waals surface area contributed by atoms with E-state index in [1.54, 1.807) is 24.0 Å². The predicted molar refractivity (Wildman–Crippen MR) is 85.6 cm³/mol. The van der Waals surface area contributed by atoms with Crippen molar-refractivity contribution in [2.45, 2.75) is 44.9 Å². The van der Waals surface area contributed by atoms with Crippen LogP contribution < -0.4 is 5.32 Å². The lowest BCUT2D eigenvalue weighted by Crippen LogP contribution is -2.48. The Hall–Kier alpha value is -1.66. The van der Waals surface area contributed by atoms with Crippen molar-refractivity contribution >= 4 is 6.09 Å². The normalized spacial score (nSPS) is 18.5. The number of benzene rings is 1. The molecule has 2 N–H and O–H groups in total. The number of aliphatic hydroxyl groups is 1. The van der Waals surface area contributed by atoms with Gasteiger partial charge in [-0.25, -0.2) is 9.18 Å². The first-order chi connectivity index (χ1) is 11.0. The van der Waals surface area contributed by atoms with Crippen molar-refractivity contribution in [1.29, 1.82) is 0 Å². The Kier molecular flexibility index (Phi) is 6.36. The summed E-state index contributed by atoms with van der Waals surface area (Å²) in [7, 11) is 0. The number of amides is 1. The third kappa shape index (κ3) is 4.91. The van der Waals surface area contributed by atoms with E-state index < -0.39 is 6.10 Å². The van der Waals surface area contributed by atoms with E-state index >= 15 is 0 Å². The summed E-state index contributed by atoms with van der Waals surface area (Å²) in [4.78, 5) is 13.4. The molecule has 1 aliphatic heterocycles. The highest BCUT2D eigenvalue weighted by molar-refractivity contribution is 5.67. The van der Waals surface area contributed by atoms with Crippen LogP contribution in [0.3, 0.4) is 0 Å². The van der Waals surface area contributed by atoms with Gasteiger partial charge in [-0.05, 0) is 44.4 Å². The van der Waals surface area contributed by atoms with E-state index in [0.29, 0.717) is 25.3 Å². The molecule has 1 aromatic rings. The maximum absolute atomic E-state index is 12.9. The molecule has 1 heterocycles. The van der Waals surface area contributed by atoms with Gasteiger partial charge >= 0.3 is 6.09 Å². The zero-order valence-corrected chi connectivity index (χ0v) is 13.7. The molecule has 0 aromatic heterocycles. The highest BCUT2D eigenvalue weighted by atomic mass is 19.1. The fourth-order valence-electron chi connectivity index (χ4n) is 2.86. The highest BCUT2D eigenvalue weighted by Crippen LogP contribution is 2.19. The molecule has 0 spiro atoms. The second-order valence-electron chi connectivity index (χ2n) is 5.91. The first kappa shape index (κ1) is 17.7. The first-order valence-corrected chi connectivity index (χ1v) is 8.12. The number of hydrogen-bond acceptors (Lipinski definition) is 4. The van der Waals surface area contributed by atoms with Crippen molar-refractivity contribution in [1.82, 2.24) is 10.2 Å². The van der Waals surface area contributed by atoms with E-state index in [0.717, 1.165) is 12.8 Å². The van der Waals surface area contributed by atoms with Crippen molar-refractivity contribution in [3.63, 3.8) is 0 Å². The minimum atomic E-state index is -0.696. The molecule has 1 fully saturated rings. The molecular formula is C17H25FN2O3. The van der Waals surface area contributed by atoms with Crippen LogP contribution in [0.2, 0.25) is 0 Å². The van der Waals surface area contributed by atoms with E-state index in [1.165, 1.54) is 12.1 Å². The van der Waals surface area contributed by atoms with Gasteiger partial charge in [0.05, 0.1) is 12.7 Å². The fraction of sp³-hybridized carbons (Fsp3) is 0.588. The van der Waals surface area contributed by atoms with Crippen molar-refractivity contribution in [3.05, 3.63) is 35.6 Å². The van der Waals surface area contributed by atoms with Crippen molar-refractivity contribution < 1.29 is 19.0 Å². The van der Waals surface area contributed by atoms with Crippen molar-refractivity contribution in [2.24, 2.45) is 0 Å². The summed E-state index contributed by atoms with van der Waals surface area (Å²) >= 11 is 0. The highest BCUT2D eigenvalue weighted by Gasteiger charge is 2.26. The predicted octanol–water partition coefficient (Wildman–Crippen LogP) is 2.46. The summed E-state index contributed by atoms with van der Waals surface area (Å²) in [6, 6.07) is 5.99. The van der Waals surface area contributed by atoms with Crippen LogP contribution in [-0.2, 0) is 4.74 Å². The summed E-state index contributed by atoms with van der Waals surface area (Å²) < 4.78 is 17.9. The molecule has 1 aromatic carbocycles. The van der Waals surface area contributed by atoms with Gasteiger partial charge in [0, 0.05) is 25.2 Å². The van der Waals surface area contributed by atoms with Gasteiger partial charge in [0.15, 0.2) is 0 Å². The number of nitrogens with zero attached hydrogens (tertiary/aromatic N) is 1. The summed E-state index contributed by atoms with van der Waals surface area (Å²) in [6.07, 6.45) is 0.683. The third-order valence-corrected chi connectivity index (χ3v) is 4.20. The molecule has 1 aliphatic rings. The Morgan fingerprint density at radius 3 is 2.57 bits per heavy atom. The van der Waals surface area contributed by atoms with Crippen LogP contribution in [0.1, 0.15) is 38.4 Å². The van der Waals surface area contributed by atoms with E-state index in [4.69, 9.17) is 4.74 Å². The number of ether oxygens (including phenoxy) is 1. The van der Waals surface area contributed by atoms with Crippen LogP contribution in [0.4, 0.5) is 9.18 Å². The quantitative estimate of drug-likeness (QED) is 0.873. The molecule has 6 heteroatoms. The van der Waals surface area contributed by atoms with Gasteiger partial charge in [0.25, 0.3) is 0 Å². The number of nitrogens with one attached hydrogen (secondary N) is 1. The first-order valence-electron chi connectivity index (χ1n) is 8.12. The fourth-order valence-corrected chi connectivity index (χ4v) is 2.86. The van der Waals surface area contributed by atoms with Gasteiger partial charge in [-0.2, -0.15) is 0 Å². The van der Waals surface area contributed by atoms with Crippen molar-refractivity contribution in [3.8, 4) is 0 Å². The van der Waals surface area contributed by atoms with Gasteiger partial charge in [-0.1, -0.05) is 12.1 Å². The van der Waals surface area contributed by atoms with Crippen LogP contribution in [0, 0.1) is 5.82 Å². The summed E-state index contributed by atoms with van der Waals surface area (Å²) in [5.41, 5.74) is 0.690. The number of piperidine rings is 1. The number of halogens is 1. The Morgan fingerprint density at radius 2 is 2.00 bits per heavy atom. The summed E-state index contributed by atoms with van der Waals surface area (Å²) in [5, 5.41) is 13.8. The minimum absolute atomic E-state index is 0.153.